The molecule has 5 heteroatoms. The molecule has 0 aliphatic carbocycles. The number of sulfonamides is 1. The van der Waals surface area contributed by atoms with Crippen LogP contribution in [0.15, 0.2) is 48.5 Å². The van der Waals surface area contributed by atoms with Crippen LogP contribution in [0, 0.1) is 5.82 Å². The third-order valence-electron chi connectivity index (χ3n) is 3.65. The number of nitrogens with zero attached hydrogens (tertiary/aromatic N) is 1. The molecule has 0 N–H and O–H groups in total. The second kappa shape index (κ2) is 5.48. The molecule has 2 aromatic carbocycles. The molecule has 1 aliphatic heterocycles. The van der Waals surface area contributed by atoms with E-state index in [1.54, 1.807) is 18.2 Å². The smallest absolute Gasteiger partial charge is 0.239 e. The predicted octanol–water partition coefficient (Wildman–Crippen LogP) is 3.11. The van der Waals surface area contributed by atoms with Crippen LogP contribution in [0.2, 0.25) is 0 Å². The lowest BCUT2D eigenvalue weighted by Crippen LogP contribution is -2.36. The van der Waals surface area contributed by atoms with E-state index in [2.05, 4.69) is 0 Å². The first-order valence-electron chi connectivity index (χ1n) is 6.89. The molecule has 1 aliphatic rings. The molecule has 3 rings (SSSR count). The first-order valence-corrected chi connectivity index (χ1v) is 8.50. The fourth-order valence-corrected chi connectivity index (χ4v) is 4.34. The number of aryl methyl sites for hydroxylation is 1. The molecule has 0 aromatic heterocycles. The summed E-state index contributed by atoms with van der Waals surface area (Å²) >= 11 is 0. The minimum atomic E-state index is -3.45. The van der Waals surface area contributed by atoms with Gasteiger partial charge in [0.1, 0.15) is 5.82 Å². The van der Waals surface area contributed by atoms with Crippen molar-refractivity contribution in [3.63, 3.8) is 0 Å². The average molecular weight is 305 g/mol. The maximum absolute atomic E-state index is 13.3. The standard InChI is InChI=1S/C16H16FNO2S/c17-15-8-9-16-14(11-15)7-4-10-18(16)21(19,20)12-13-5-2-1-3-6-13/h1-3,5-6,8-9,11H,4,7,10,12H2. The van der Waals surface area contributed by atoms with E-state index < -0.39 is 10.0 Å². The Balaban J connectivity index is 1.94. The zero-order valence-corrected chi connectivity index (χ0v) is 12.3. The van der Waals surface area contributed by atoms with Crippen LogP contribution in [0.25, 0.3) is 0 Å². The molecule has 0 atom stereocenters. The first kappa shape index (κ1) is 14.1. The lowest BCUT2D eigenvalue weighted by Gasteiger charge is -2.30. The quantitative estimate of drug-likeness (QED) is 0.874. The Labute approximate surface area is 124 Å². The fourth-order valence-electron chi connectivity index (χ4n) is 2.68. The fraction of sp³-hybridized carbons (Fsp3) is 0.250. The summed E-state index contributed by atoms with van der Waals surface area (Å²) in [4.78, 5) is 0. The average Bonchev–Trinajstić information content (AvgIpc) is 2.47. The number of hydrogen-bond donors (Lipinski definition) is 0. The lowest BCUT2D eigenvalue weighted by molar-refractivity contribution is 0.584. The van der Waals surface area contributed by atoms with E-state index in [1.165, 1.54) is 16.4 Å². The summed E-state index contributed by atoms with van der Waals surface area (Å²) in [5.74, 6) is -0.360. The van der Waals surface area contributed by atoms with Gasteiger partial charge in [-0.2, -0.15) is 0 Å². The number of halogens is 1. The molecule has 3 nitrogen and oxygen atoms in total. The van der Waals surface area contributed by atoms with Crippen molar-refractivity contribution in [3.05, 3.63) is 65.5 Å². The van der Waals surface area contributed by atoms with Gasteiger partial charge in [-0.3, -0.25) is 4.31 Å². The van der Waals surface area contributed by atoms with Gasteiger partial charge in [-0.05, 0) is 42.2 Å². The maximum atomic E-state index is 13.3. The van der Waals surface area contributed by atoms with Gasteiger partial charge in [0.25, 0.3) is 0 Å². The van der Waals surface area contributed by atoms with Crippen LogP contribution >= 0.6 is 0 Å². The summed E-state index contributed by atoms with van der Waals surface area (Å²) in [5, 5.41) is 0. The second-order valence-electron chi connectivity index (χ2n) is 5.19. The molecule has 110 valence electrons. The highest BCUT2D eigenvalue weighted by Gasteiger charge is 2.27. The molecule has 0 saturated carbocycles. The zero-order valence-electron chi connectivity index (χ0n) is 11.5. The van der Waals surface area contributed by atoms with Crippen LogP contribution in [0.1, 0.15) is 17.5 Å². The van der Waals surface area contributed by atoms with Crippen molar-refractivity contribution in [1.29, 1.82) is 0 Å². The Bertz CT molecular complexity index is 744. The summed E-state index contributed by atoms with van der Waals surface area (Å²) in [5.41, 5.74) is 2.13. The van der Waals surface area contributed by atoms with Crippen LogP contribution in [0.5, 0.6) is 0 Å². The Morgan fingerprint density at radius 3 is 2.62 bits per heavy atom. The van der Waals surface area contributed by atoms with Gasteiger partial charge in [0.2, 0.25) is 10.0 Å². The Morgan fingerprint density at radius 1 is 1.10 bits per heavy atom. The third kappa shape index (κ3) is 2.93. The highest BCUT2D eigenvalue weighted by Crippen LogP contribution is 2.31. The largest absolute Gasteiger partial charge is 0.270 e. The molecular formula is C16H16FNO2S. The Hall–Kier alpha value is -1.88. The molecule has 0 radical (unpaired) electrons. The van der Waals surface area contributed by atoms with Crippen molar-refractivity contribution in [1.82, 2.24) is 0 Å². The van der Waals surface area contributed by atoms with Gasteiger partial charge >= 0.3 is 0 Å². The SMILES string of the molecule is O=S(=O)(Cc1ccccc1)N1CCCc2cc(F)ccc21. The molecule has 1 heterocycles. The van der Waals surface area contributed by atoms with Gasteiger partial charge in [0, 0.05) is 6.54 Å². The van der Waals surface area contributed by atoms with Crippen LogP contribution in [0.4, 0.5) is 10.1 Å². The second-order valence-corrected chi connectivity index (χ2v) is 7.08. The molecule has 0 spiro atoms. The Morgan fingerprint density at radius 2 is 1.86 bits per heavy atom. The van der Waals surface area contributed by atoms with Crippen LogP contribution in [-0.4, -0.2) is 15.0 Å². The Kier molecular flexibility index (Phi) is 3.68. The molecule has 0 bridgehead atoms. The summed E-state index contributed by atoms with van der Waals surface area (Å²) in [7, 11) is -3.45. The molecule has 0 amide bonds. The number of hydrogen-bond acceptors (Lipinski definition) is 2. The highest BCUT2D eigenvalue weighted by molar-refractivity contribution is 7.92. The van der Waals surface area contributed by atoms with Gasteiger partial charge in [-0.25, -0.2) is 12.8 Å². The minimum absolute atomic E-state index is 0.0370. The number of benzene rings is 2. The van der Waals surface area contributed by atoms with E-state index in [4.69, 9.17) is 0 Å². The minimum Gasteiger partial charge on any atom is -0.270 e. The zero-order chi connectivity index (χ0) is 14.9. The van der Waals surface area contributed by atoms with E-state index in [1.807, 2.05) is 18.2 Å². The van der Waals surface area contributed by atoms with Crippen LogP contribution < -0.4 is 4.31 Å². The van der Waals surface area contributed by atoms with Crippen LogP contribution in [0.3, 0.4) is 0 Å². The van der Waals surface area contributed by atoms with E-state index in [-0.39, 0.29) is 11.6 Å². The molecule has 2 aromatic rings. The van der Waals surface area contributed by atoms with Gasteiger partial charge in [0.15, 0.2) is 0 Å². The van der Waals surface area contributed by atoms with Crippen molar-refractivity contribution in [2.75, 3.05) is 10.8 Å². The monoisotopic (exact) mass is 305 g/mol. The summed E-state index contributed by atoms with van der Waals surface area (Å²) in [6.45, 7) is 0.452. The number of anilines is 1. The van der Waals surface area contributed by atoms with Crippen molar-refractivity contribution in [3.8, 4) is 0 Å². The molecule has 0 saturated heterocycles. The van der Waals surface area contributed by atoms with Gasteiger partial charge in [-0.15, -0.1) is 0 Å². The van der Waals surface area contributed by atoms with E-state index >= 15 is 0 Å². The molecule has 0 fully saturated rings. The first-order chi connectivity index (χ1) is 10.1. The van der Waals surface area contributed by atoms with Crippen molar-refractivity contribution >= 4 is 15.7 Å². The van der Waals surface area contributed by atoms with E-state index in [0.717, 1.165) is 11.1 Å². The third-order valence-corrected chi connectivity index (χ3v) is 5.39. The van der Waals surface area contributed by atoms with Crippen LogP contribution in [-0.2, 0) is 22.2 Å². The van der Waals surface area contributed by atoms with Crippen molar-refractivity contribution in [2.24, 2.45) is 0 Å². The van der Waals surface area contributed by atoms with Gasteiger partial charge in [0.05, 0.1) is 11.4 Å². The normalized spacial score (nSPS) is 14.8. The molecular weight excluding hydrogens is 289 g/mol. The summed E-state index contributed by atoms with van der Waals surface area (Å²) < 4.78 is 40.0. The van der Waals surface area contributed by atoms with E-state index in [9.17, 15) is 12.8 Å². The highest BCUT2D eigenvalue weighted by atomic mass is 32.2. The van der Waals surface area contributed by atoms with Gasteiger partial charge in [-0.1, -0.05) is 30.3 Å². The van der Waals surface area contributed by atoms with Gasteiger partial charge < -0.3 is 0 Å². The number of fused-ring (bicyclic) bond motifs is 1. The van der Waals surface area contributed by atoms with Crippen molar-refractivity contribution < 1.29 is 12.8 Å². The summed E-state index contributed by atoms with van der Waals surface area (Å²) in [6.07, 6.45) is 1.43. The molecule has 21 heavy (non-hydrogen) atoms. The maximum Gasteiger partial charge on any atom is 0.239 e. The van der Waals surface area contributed by atoms with Crippen molar-refractivity contribution in [2.45, 2.75) is 18.6 Å². The summed E-state index contributed by atoms with van der Waals surface area (Å²) in [6, 6.07) is 13.4. The lowest BCUT2D eigenvalue weighted by atomic mass is 10.0. The van der Waals surface area contributed by atoms with E-state index in [0.29, 0.717) is 25.1 Å². The molecule has 0 unspecified atom stereocenters. The number of rotatable bonds is 3. The predicted molar refractivity (Wildman–Crippen MR) is 81.1 cm³/mol. The topological polar surface area (TPSA) is 37.4 Å².